The van der Waals surface area contributed by atoms with E-state index in [2.05, 4.69) is 82.2 Å². The molecule has 5 atom stereocenters. The van der Waals surface area contributed by atoms with Crippen molar-refractivity contribution in [1.29, 1.82) is 0 Å². The van der Waals surface area contributed by atoms with Crippen molar-refractivity contribution in [2.45, 2.75) is 108 Å². The van der Waals surface area contributed by atoms with E-state index in [1.54, 1.807) is 43.8 Å². The smallest absolute Gasteiger partial charge is 0.289 e. The number of benzene rings is 9. The van der Waals surface area contributed by atoms with Crippen LogP contribution in [0, 0.1) is 53.5 Å². The summed E-state index contributed by atoms with van der Waals surface area (Å²) < 4.78 is 113. The number of ketones is 1. The normalized spacial score (nSPS) is 12.1. The van der Waals surface area contributed by atoms with Gasteiger partial charge in [0.2, 0.25) is 29.5 Å². The lowest BCUT2D eigenvalue weighted by molar-refractivity contribution is -0.130. The molecule has 142 heavy (non-hydrogen) atoms. The van der Waals surface area contributed by atoms with Gasteiger partial charge in [-0.15, -0.1) is 0 Å². The molecule has 7 heterocycles. The van der Waals surface area contributed by atoms with E-state index in [9.17, 15) is 73.5 Å². The van der Waals surface area contributed by atoms with Crippen LogP contribution in [0.1, 0.15) is 99.9 Å². The number of aromatic nitrogens is 9. The van der Waals surface area contributed by atoms with E-state index in [0.29, 0.717) is 70.5 Å². The van der Waals surface area contributed by atoms with Gasteiger partial charge in [-0.05, 0) is 215 Å². The van der Waals surface area contributed by atoms with Gasteiger partial charge in [-0.1, -0.05) is 114 Å². The van der Waals surface area contributed by atoms with Crippen LogP contribution in [-0.4, -0.2) is 141 Å². The fourth-order valence-electron chi connectivity index (χ4n) is 15.2. The van der Waals surface area contributed by atoms with Gasteiger partial charge in [0, 0.05) is 116 Å². The Bertz CT molecular complexity index is 7040. The fraction of sp³-hybridized carbons (Fsp3) is 0.183. The molecule has 0 fully saturated rings. The van der Waals surface area contributed by atoms with Crippen molar-refractivity contribution in [2.24, 2.45) is 0 Å². The number of aryl methyl sites for hydroxylation is 3. The van der Waals surface area contributed by atoms with E-state index >= 15 is 0 Å². The number of anilines is 4. The fourth-order valence-corrected chi connectivity index (χ4v) is 15.2. The Morgan fingerprint density at radius 2 is 0.725 bits per heavy atom. The highest BCUT2D eigenvalue weighted by molar-refractivity contribution is 6.00. The molecule has 0 saturated heterocycles. The summed E-state index contributed by atoms with van der Waals surface area (Å²) in [7, 11) is 3.65. The van der Waals surface area contributed by atoms with E-state index in [1.807, 2.05) is 140 Å². The second kappa shape index (κ2) is 48.5. The zero-order chi connectivity index (χ0) is 101. The number of fused-ring (bicyclic) bond motifs is 4. The molecule has 9 aromatic carbocycles. The summed E-state index contributed by atoms with van der Waals surface area (Å²) in [5.74, 6) is -10.3. The molecule has 38 heteroatoms. The van der Waals surface area contributed by atoms with Crippen LogP contribution in [0.3, 0.4) is 0 Å². The van der Waals surface area contributed by atoms with Gasteiger partial charge < -0.3 is 64.7 Å². The van der Waals surface area contributed by atoms with Crippen LogP contribution in [0.25, 0.3) is 43.1 Å². The first kappa shape index (κ1) is 102. The number of nitrogens with zero attached hydrogens (tertiary/aromatic N) is 10. The number of pyridine rings is 4. The second-order valence-corrected chi connectivity index (χ2v) is 33.1. The summed E-state index contributed by atoms with van der Waals surface area (Å²) in [6.07, 6.45) is 16.0. The van der Waals surface area contributed by atoms with Gasteiger partial charge in [0.1, 0.15) is 59.6 Å². The molecule has 0 aliphatic carbocycles. The molecule has 0 unspecified atom stereocenters. The number of hydrogen-bond donors (Lipinski definition) is 11. The number of carbonyl (C=O) groups is 8. The Hall–Kier alpha value is -17.5. The monoisotopic (exact) mass is 1930 g/mol. The molecule has 0 radical (unpaired) electrons. The van der Waals surface area contributed by atoms with Crippen molar-refractivity contribution in [3.8, 4) is 0 Å². The third kappa shape index (κ3) is 28.2. The molecular formula is C104H95F8N21O9. The van der Waals surface area contributed by atoms with E-state index in [-0.39, 0.29) is 80.4 Å². The Morgan fingerprint density at radius 1 is 0.359 bits per heavy atom. The lowest BCUT2D eigenvalue weighted by Gasteiger charge is -2.26. The van der Waals surface area contributed by atoms with Gasteiger partial charge in [-0.25, -0.2) is 75.0 Å². The predicted molar refractivity (Wildman–Crippen MR) is 517 cm³/mol. The van der Waals surface area contributed by atoms with Gasteiger partial charge in [0.25, 0.3) is 17.7 Å². The first-order valence-corrected chi connectivity index (χ1v) is 44.3. The SMILES string of the molecule is CN(C)[C@H](CCc1ccccc1)C(=O)N[C@@H](Cc1ccc(F)c(F)c1)C(=O)CCc1ccc2c(N)nccc2c1.Cc1nocc1C(=O)N[C@@H](Cc1ccc(F)c(F)c1)C(=O)NCc1ccc2c(N)nccc2c1.Nc1nccc2cc(CNC(=O)[C@H](Cc3ccc(F)c(F)c3)NC(=O)c3cncnc3)ccc12.Nc1nccc2cc(CNC(=O)[C@H](Cc3ccc(F)c(F)c3)NC(=O)c3ncccn3)ccc12. The highest BCUT2D eigenvalue weighted by Gasteiger charge is 2.31. The minimum absolute atomic E-state index is 0.0532. The van der Waals surface area contributed by atoms with Crippen molar-refractivity contribution in [2.75, 3.05) is 37.0 Å². The summed E-state index contributed by atoms with van der Waals surface area (Å²) in [6.45, 7) is 2.11. The Kier molecular flexibility index (Phi) is 34.8. The van der Waals surface area contributed by atoms with Crippen LogP contribution < -0.4 is 60.2 Å². The zero-order valence-corrected chi connectivity index (χ0v) is 76.5. The summed E-state index contributed by atoms with van der Waals surface area (Å²) in [5, 5.41) is 29.5. The number of amides is 7. The minimum atomic E-state index is -1.08. The highest BCUT2D eigenvalue weighted by atomic mass is 19.2. The third-order valence-corrected chi connectivity index (χ3v) is 22.8. The number of carbonyl (C=O) groups excluding carboxylic acids is 8. The van der Waals surface area contributed by atoms with Crippen molar-refractivity contribution >= 4 is 113 Å². The molecule has 16 aromatic rings. The largest absolute Gasteiger partial charge is 0.383 e. The van der Waals surface area contributed by atoms with Crippen LogP contribution in [-0.2, 0) is 82.1 Å². The topological polar surface area (TPSA) is 457 Å². The van der Waals surface area contributed by atoms with Gasteiger partial charge >= 0.3 is 0 Å². The van der Waals surface area contributed by atoms with Gasteiger partial charge in [0.05, 0.1) is 23.3 Å². The molecule has 30 nitrogen and oxygen atoms in total. The molecule has 726 valence electrons. The van der Waals surface area contributed by atoms with Crippen LogP contribution in [0.15, 0.2) is 273 Å². The number of nitrogens with two attached hydrogens (primary N) is 4. The Morgan fingerprint density at radius 3 is 1.11 bits per heavy atom. The minimum Gasteiger partial charge on any atom is -0.383 e. The summed E-state index contributed by atoms with van der Waals surface area (Å²) in [4.78, 5) is 137. The molecule has 0 bridgehead atoms. The molecule has 7 amide bonds. The zero-order valence-electron chi connectivity index (χ0n) is 76.5. The molecule has 7 aromatic heterocycles. The predicted octanol–water partition coefficient (Wildman–Crippen LogP) is 13.0. The number of hydrogen-bond acceptors (Lipinski definition) is 23. The first-order chi connectivity index (χ1) is 68.3. The van der Waals surface area contributed by atoms with Crippen molar-refractivity contribution in [3.63, 3.8) is 0 Å². The van der Waals surface area contributed by atoms with Crippen molar-refractivity contribution in [3.05, 3.63) is 388 Å². The molecular weight excluding hydrogens is 1840 g/mol. The van der Waals surface area contributed by atoms with Gasteiger partial charge in [-0.3, -0.25) is 43.3 Å². The van der Waals surface area contributed by atoms with Gasteiger partial charge in [-0.2, -0.15) is 0 Å². The summed E-state index contributed by atoms with van der Waals surface area (Å²) in [6, 6.07) is 49.9. The molecule has 0 aliphatic rings. The number of likely N-dealkylation sites (N-methyl/N-ethyl adjacent to an activating group) is 1. The standard InChI is InChI=1S/C32H34F2N4O2.2C24H20F2N6O2.C24H21F2N5O3/c1-38(2)29(14-10-21-6-4-3-5-7-21)32(40)37-28(20-23-9-13-26(33)27(34)19-23)30(39)15-11-22-8-12-25-24(18-22)16-17-36-31(25)35;25-18-5-3-14(11-19(18)26)12-20(32-24(34)22-29-7-1-8-30-22)23(33)31-13-15-2-4-17-16(10-15)6-9-28-21(17)27;25-19-4-2-14(8-20(19)26)9-21(32-23(33)17-11-28-13-29-12-17)24(34)31-10-15-1-3-18-16(7-15)5-6-30-22(18)27;1-13-18(12-34-31-13)23(32)30-21(10-14-3-5-19(25)20(26)9-14)24(33)29-11-15-2-4-17-16(8-15)6-7-28-22(17)27/h3-9,12-13,16-19,28-29H,10-11,14-15,20H2,1-2H3,(H2,35,36)(H,37,40);1-11,20H,12-13H2,(H2,27,28)(H,31,33)(H,32,34);1-8,11-13,21H,9-10H2,(H2,27,30)(H,31,34)(H,32,33);2-9,12,21H,10-11H2,1H3,(H2,27,28)(H,29,33)(H,30,32)/t28-,29+;20-;2*21-/m0000/s1. The van der Waals surface area contributed by atoms with E-state index in [0.717, 1.165) is 119 Å². The number of nitrogens with one attached hydrogen (secondary N) is 7. The number of nitrogen functional groups attached to an aromatic ring is 4. The average molecular weight is 1940 g/mol. The maximum Gasteiger partial charge on any atom is 0.289 e. The quantitative estimate of drug-likeness (QED) is 0.0170. The first-order valence-electron chi connectivity index (χ1n) is 44.3. The van der Waals surface area contributed by atoms with E-state index in [4.69, 9.17) is 27.5 Å². The highest BCUT2D eigenvalue weighted by Crippen LogP contribution is 2.27. The van der Waals surface area contributed by atoms with Crippen LogP contribution in [0.5, 0.6) is 0 Å². The molecule has 15 N–H and O–H groups in total. The number of halogens is 8. The average Bonchev–Trinajstić information content (AvgIpc) is 0.970. The lowest BCUT2D eigenvalue weighted by atomic mass is 9.96. The molecule has 0 aliphatic heterocycles. The number of Topliss-reactive ketones (excluding diaryl/α,β-unsaturated/α-hetero) is 1. The molecule has 16 rings (SSSR count). The van der Waals surface area contributed by atoms with Crippen LogP contribution >= 0.6 is 0 Å². The van der Waals surface area contributed by atoms with E-state index in [1.165, 1.54) is 61.6 Å². The van der Waals surface area contributed by atoms with Crippen molar-refractivity contribution < 1.29 is 78.0 Å². The maximum atomic E-state index is 13.9. The second-order valence-electron chi connectivity index (χ2n) is 33.1. The summed E-state index contributed by atoms with van der Waals surface area (Å²) in [5.41, 5.74) is 30.2. The van der Waals surface area contributed by atoms with Crippen LogP contribution in [0.4, 0.5) is 58.4 Å². The van der Waals surface area contributed by atoms with E-state index < -0.39 is 112 Å². The number of rotatable bonds is 33. The molecule has 0 saturated carbocycles. The Balaban J connectivity index is 0.000000159. The molecule has 0 spiro atoms. The summed E-state index contributed by atoms with van der Waals surface area (Å²) >= 11 is 0. The third-order valence-electron chi connectivity index (χ3n) is 22.8. The lowest BCUT2D eigenvalue weighted by Crippen LogP contribution is -2.50. The van der Waals surface area contributed by atoms with Crippen molar-refractivity contribution in [1.82, 2.24) is 87.1 Å². The maximum absolute atomic E-state index is 13.9. The Labute approximate surface area is 807 Å². The van der Waals surface area contributed by atoms with Gasteiger partial charge in [0.15, 0.2) is 52.3 Å². The van der Waals surface area contributed by atoms with Crippen LogP contribution in [0.2, 0.25) is 0 Å².